The first kappa shape index (κ1) is 23.0. The van der Waals surface area contributed by atoms with Gasteiger partial charge in [0.25, 0.3) is 5.91 Å². The standard InChI is InChI=1S/C22H23ClFN5O4/c1-29-10-12(7-17(29)22(30)28-32-3)33-19-8-13-16(9-18(19)31-2)25-11-26-21(13)27-15-6-4-5-14(23)20(15)24/h4-6,8-9,11-12,17H,7,10H2,1-3H3,(H,28,30)(H,25,26,27)/t12-,17+/m0/s1. The smallest absolute Gasteiger partial charge is 0.260 e. The Kier molecular flexibility index (Phi) is 6.77. The van der Waals surface area contributed by atoms with Gasteiger partial charge in [0.2, 0.25) is 0 Å². The van der Waals surface area contributed by atoms with Crippen molar-refractivity contribution in [3.63, 3.8) is 0 Å². The molecular formula is C22H23ClFN5O4. The lowest BCUT2D eigenvalue weighted by Gasteiger charge is -2.17. The zero-order chi connectivity index (χ0) is 23.5. The molecule has 0 radical (unpaired) electrons. The van der Waals surface area contributed by atoms with Crippen LogP contribution in [0.3, 0.4) is 0 Å². The van der Waals surface area contributed by atoms with Gasteiger partial charge in [0.05, 0.1) is 36.5 Å². The number of methoxy groups -OCH3 is 1. The summed E-state index contributed by atoms with van der Waals surface area (Å²) in [6.07, 6.45) is 1.58. The number of anilines is 2. The molecule has 0 aliphatic carbocycles. The van der Waals surface area contributed by atoms with Crippen LogP contribution in [-0.4, -0.2) is 60.7 Å². The molecular weight excluding hydrogens is 453 g/mol. The monoisotopic (exact) mass is 475 g/mol. The molecule has 2 aromatic carbocycles. The van der Waals surface area contributed by atoms with Crippen molar-refractivity contribution in [2.24, 2.45) is 0 Å². The summed E-state index contributed by atoms with van der Waals surface area (Å²) in [6, 6.07) is 7.75. The zero-order valence-electron chi connectivity index (χ0n) is 18.3. The number of hydroxylamine groups is 1. The molecule has 0 unspecified atom stereocenters. The first-order valence-electron chi connectivity index (χ1n) is 10.1. The summed E-state index contributed by atoms with van der Waals surface area (Å²) in [5.41, 5.74) is 3.13. The van der Waals surface area contributed by atoms with E-state index in [1.165, 1.54) is 26.6 Å². The molecule has 0 spiro atoms. The van der Waals surface area contributed by atoms with Crippen molar-refractivity contribution in [3.05, 3.63) is 47.5 Å². The van der Waals surface area contributed by atoms with Gasteiger partial charge in [0.15, 0.2) is 17.3 Å². The van der Waals surface area contributed by atoms with Crippen molar-refractivity contribution in [2.45, 2.75) is 18.6 Å². The van der Waals surface area contributed by atoms with Crippen molar-refractivity contribution in [2.75, 3.05) is 33.1 Å². The molecule has 9 nitrogen and oxygen atoms in total. The number of rotatable bonds is 7. The fourth-order valence-corrected chi connectivity index (χ4v) is 4.01. The number of amides is 1. The molecule has 1 amide bonds. The second-order valence-corrected chi connectivity index (χ2v) is 7.98. The molecule has 4 rings (SSSR count). The molecule has 1 fully saturated rings. The summed E-state index contributed by atoms with van der Waals surface area (Å²) in [4.78, 5) is 27.4. The number of ether oxygens (including phenoxy) is 2. The van der Waals surface area contributed by atoms with Gasteiger partial charge in [-0.2, -0.15) is 0 Å². The summed E-state index contributed by atoms with van der Waals surface area (Å²) in [7, 11) is 4.77. The van der Waals surface area contributed by atoms with E-state index in [0.717, 1.165) is 0 Å². The van der Waals surface area contributed by atoms with E-state index >= 15 is 0 Å². The van der Waals surface area contributed by atoms with Gasteiger partial charge in [-0.3, -0.25) is 14.5 Å². The molecule has 11 heteroatoms. The number of carbonyl (C=O) groups is 1. The minimum Gasteiger partial charge on any atom is -0.493 e. The fraction of sp³-hybridized carbons (Fsp3) is 0.318. The number of hydrogen-bond donors (Lipinski definition) is 2. The Hall–Kier alpha value is -3.21. The number of aromatic nitrogens is 2. The van der Waals surface area contributed by atoms with E-state index in [1.807, 2.05) is 11.9 Å². The predicted molar refractivity (Wildman–Crippen MR) is 121 cm³/mol. The van der Waals surface area contributed by atoms with Crippen LogP contribution in [0.5, 0.6) is 11.5 Å². The van der Waals surface area contributed by atoms with Crippen LogP contribution in [0, 0.1) is 5.82 Å². The van der Waals surface area contributed by atoms with Gasteiger partial charge in [-0.1, -0.05) is 17.7 Å². The first-order chi connectivity index (χ1) is 15.9. The number of nitrogens with one attached hydrogen (secondary N) is 2. The molecule has 0 saturated carbocycles. The van der Waals surface area contributed by atoms with E-state index in [1.54, 1.807) is 24.3 Å². The third-order valence-corrected chi connectivity index (χ3v) is 5.73. The van der Waals surface area contributed by atoms with E-state index in [9.17, 15) is 9.18 Å². The minimum atomic E-state index is -0.578. The van der Waals surface area contributed by atoms with Crippen LogP contribution in [-0.2, 0) is 9.63 Å². The Bertz CT molecular complexity index is 1180. The van der Waals surface area contributed by atoms with Crippen LogP contribution in [0.25, 0.3) is 10.9 Å². The highest BCUT2D eigenvalue weighted by Crippen LogP contribution is 2.37. The number of likely N-dealkylation sites (N-methyl/N-ethyl adjacent to an activating group) is 1. The molecule has 2 N–H and O–H groups in total. The van der Waals surface area contributed by atoms with Gasteiger partial charge in [0, 0.05) is 24.4 Å². The molecule has 1 aliphatic rings. The van der Waals surface area contributed by atoms with Crippen molar-refractivity contribution < 1.29 is 23.5 Å². The largest absolute Gasteiger partial charge is 0.493 e. The predicted octanol–water partition coefficient (Wildman–Crippen LogP) is 3.30. The van der Waals surface area contributed by atoms with Gasteiger partial charge < -0.3 is 14.8 Å². The molecule has 2 heterocycles. The molecule has 0 bridgehead atoms. The van der Waals surface area contributed by atoms with E-state index in [2.05, 4.69) is 20.8 Å². The van der Waals surface area contributed by atoms with E-state index in [-0.39, 0.29) is 28.8 Å². The Morgan fingerprint density at radius 3 is 2.82 bits per heavy atom. The lowest BCUT2D eigenvalue weighted by Crippen LogP contribution is -2.40. The highest BCUT2D eigenvalue weighted by atomic mass is 35.5. The quantitative estimate of drug-likeness (QED) is 0.502. The molecule has 1 aromatic heterocycles. The molecule has 33 heavy (non-hydrogen) atoms. The minimum absolute atomic E-state index is 0.00136. The van der Waals surface area contributed by atoms with Gasteiger partial charge in [-0.05, 0) is 25.2 Å². The molecule has 174 valence electrons. The number of halogens is 2. The Morgan fingerprint density at radius 2 is 2.06 bits per heavy atom. The number of likely N-dealkylation sites (tertiary alicyclic amines) is 1. The third kappa shape index (κ3) is 4.77. The van der Waals surface area contributed by atoms with E-state index in [4.69, 9.17) is 25.9 Å². The van der Waals surface area contributed by atoms with Gasteiger partial charge in [-0.15, -0.1) is 0 Å². The lowest BCUT2D eigenvalue weighted by molar-refractivity contribution is -0.135. The second-order valence-electron chi connectivity index (χ2n) is 7.57. The van der Waals surface area contributed by atoms with Crippen molar-refractivity contribution in [1.29, 1.82) is 0 Å². The van der Waals surface area contributed by atoms with Crippen LogP contribution in [0.1, 0.15) is 6.42 Å². The normalized spacial score (nSPS) is 18.3. The van der Waals surface area contributed by atoms with Crippen molar-refractivity contribution in [1.82, 2.24) is 20.3 Å². The summed E-state index contributed by atoms with van der Waals surface area (Å²) in [5.74, 6) is 0.508. The van der Waals surface area contributed by atoms with E-state index in [0.29, 0.717) is 41.2 Å². The van der Waals surface area contributed by atoms with Crippen LogP contribution in [0.15, 0.2) is 36.7 Å². The van der Waals surface area contributed by atoms with Crippen molar-refractivity contribution >= 4 is 39.9 Å². The lowest BCUT2D eigenvalue weighted by atomic mass is 10.1. The zero-order valence-corrected chi connectivity index (χ0v) is 19.0. The maximum Gasteiger partial charge on any atom is 0.260 e. The third-order valence-electron chi connectivity index (χ3n) is 5.43. The highest BCUT2D eigenvalue weighted by molar-refractivity contribution is 6.31. The molecule has 3 aromatic rings. The number of hydrogen-bond acceptors (Lipinski definition) is 8. The Balaban J connectivity index is 1.64. The van der Waals surface area contributed by atoms with Crippen LogP contribution < -0.4 is 20.3 Å². The molecule has 1 saturated heterocycles. The summed E-state index contributed by atoms with van der Waals surface area (Å²) in [6.45, 7) is 0.535. The summed E-state index contributed by atoms with van der Waals surface area (Å²) in [5, 5.41) is 3.58. The number of nitrogens with zero attached hydrogens (tertiary/aromatic N) is 3. The topological polar surface area (TPSA) is 97.8 Å². The summed E-state index contributed by atoms with van der Waals surface area (Å²) >= 11 is 5.90. The first-order valence-corrected chi connectivity index (χ1v) is 10.5. The maximum atomic E-state index is 14.4. The van der Waals surface area contributed by atoms with Gasteiger partial charge in [-0.25, -0.2) is 19.8 Å². The number of carbonyl (C=O) groups excluding carboxylic acids is 1. The second kappa shape index (κ2) is 9.74. The SMILES string of the molecule is CONC(=O)[C@H]1C[C@H](Oc2cc3c(Nc4cccc(Cl)c4F)ncnc3cc2OC)CN1C. The van der Waals surface area contributed by atoms with Gasteiger partial charge >= 0.3 is 0 Å². The molecule has 2 atom stereocenters. The average molecular weight is 476 g/mol. The van der Waals surface area contributed by atoms with Crippen molar-refractivity contribution in [3.8, 4) is 11.5 Å². The maximum absolute atomic E-state index is 14.4. The Morgan fingerprint density at radius 1 is 1.24 bits per heavy atom. The number of fused-ring (bicyclic) bond motifs is 1. The molecule has 1 aliphatic heterocycles. The Labute approximate surface area is 194 Å². The highest BCUT2D eigenvalue weighted by Gasteiger charge is 2.36. The van der Waals surface area contributed by atoms with Crippen LogP contribution >= 0.6 is 11.6 Å². The van der Waals surface area contributed by atoms with Crippen LogP contribution in [0.2, 0.25) is 5.02 Å². The summed E-state index contributed by atoms with van der Waals surface area (Å²) < 4.78 is 26.1. The fourth-order valence-electron chi connectivity index (χ4n) is 3.84. The van der Waals surface area contributed by atoms with Crippen LogP contribution in [0.4, 0.5) is 15.9 Å². The van der Waals surface area contributed by atoms with Gasteiger partial charge in [0.1, 0.15) is 18.2 Å². The van der Waals surface area contributed by atoms with E-state index < -0.39 is 5.82 Å². The number of benzene rings is 2. The average Bonchev–Trinajstić information content (AvgIpc) is 3.17.